The molecule has 0 aromatic heterocycles. The first-order valence-corrected chi connectivity index (χ1v) is 9.16. The van der Waals surface area contributed by atoms with Gasteiger partial charge in [0.2, 0.25) is 0 Å². The van der Waals surface area contributed by atoms with Crippen LogP contribution in [0.2, 0.25) is 0 Å². The van der Waals surface area contributed by atoms with Crippen LogP contribution in [0.5, 0.6) is 11.5 Å². The molecule has 0 spiro atoms. The molecule has 2 aromatic rings. The van der Waals surface area contributed by atoms with Crippen molar-refractivity contribution in [3.63, 3.8) is 0 Å². The topological polar surface area (TPSA) is 82.8 Å². The molecule has 0 bridgehead atoms. The van der Waals surface area contributed by atoms with Crippen molar-refractivity contribution in [3.8, 4) is 11.5 Å². The van der Waals surface area contributed by atoms with E-state index in [1.165, 1.54) is 5.56 Å². The van der Waals surface area contributed by atoms with Crippen LogP contribution in [0, 0.1) is 0 Å². The first-order chi connectivity index (χ1) is 13.0. The summed E-state index contributed by atoms with van der Waals surface area (Å²) in [5, 5.41) is 3.46. The van der Waals surface area contributed by atoms with Crippen LogP contribution in [0.3, 0.4) is 0 Å². The molecule has 0 fully saturated rings. The largest absolute Gasteiger partial charge is 0.493 e. The normalized spacial score (nSPS) is 17.5. The van der Waals surface area contributed by atoms with E-state index in [1.54, 1.807) is 13.2 Å². The fourth-order valence-electron chi connectivity index (χ4n) is 3.53. The number of hydrogen-bond acceptors (Lipinski definition) is 5. The van der Waals surface area contributed by atoms with E-state index >= 15 is 0 Å². The predicted octanol–water partition coefficient (Wildman–Crippen LogP) is 3.72. The lowest BCUT2D eigenvalue weighted by Crippen LogP contribution is -2.37. The number of fused-ring (bicyclic) bond motifs is 1. The van der Waals surface area contributed by atoms with Gasteiger partial charge in [0.15, 0.2) is 24.3 Å². The van der Waals surface area contributed by atoms with Gasteiger partial charge in [-0.2, -0.15) is 0 Å². The number of carbonyl (C=O) groups excluding carboxylic acids is 1. The molecule has 2 aromatic carbocycles. The Labute approximate surface area is 159 Å². The third-order valence-electron chi connectivity index (χ3n) is 5.05. The number of rotatable bonds is 7. The minimum absolute atomic E-state index is 0.198. The molecule has 3 N–H and O–H groups in total. The van der Waals surface area contributed by atoms with Gasteiger partial charge in [-0.15, -0.1) is 0 Å². The molecular weight excluding hydrogens is 344 g/mol. The first kappa shape index (κ1) is 19.0. The Balaban J connectivity index is 1.94. The fourth-order valence-corrected chi connectivity index (χ4v) is 3.53. The summed E-state index contributed by atoms with van der Waals surface area (Å²) in [6.45, 7) is 4.09. The van der Waals surface area contributed by atoms with Crippen LogP contribution in [-0.4, -0.2) is 19.6 Å². The summed E-state index contributed by atoms with van der Waals surface area (Å²) in [5.41, 5.74) is 7.97. The molecule has 0 saturated heterocycles. The molecule has 1 aliphatic heterocycles. The Kier molecular flexibility index (Phi) is 5.56. The van der Waals surface area contributed by atoms with Gasteiger partial charge >= 0.3 is 0 Å². The quantitative estimate of drug-likeness (QED) is 0.776. The van der Waals surface area contributed by atoms with E-state index in [0.717, 1.165) is 24.1 Å². The van der Waals surface area contributed by atoms with Gasteiger partial charge in [0, 0.05) is 16.8 Å². The fraction of sp³-hybridized carbons (Fsp3) is 0.381. The van der Waals surface area contributed by atoms with Gasteiger partial charge in [0.05, 0.1) is 12.7 Å². The molecule has 0 radical (unpaired) electrons. The van der Waals surface area contributed by atoms with E-state index in [0.29, 0.717) is 11.5 Å². The Morgan fingerprint density at radius 2 is 1.93 bits per heavy atom. The smallest absolute Gasteiger partial charge is 0.255 e. The van der Waals surface area contributed by atoms with Crippen LogP contribution in [-0.2, 0) is 15.1 Å². The number of nitrogens with two attached hydrogens (primary N) is 1. The highest BCUT2D eigenvalue weighted by molar-refractivity contribution is 5.75. The van der Waals surface area contributed by atoms with Crippen LogP contribution < -0.4 is 20.5 Å². The Hall–Kier alpha value is -2.73. The van der Waals surface area contributed by atoms with Crippen molar-refractivity contribution < 1.29 is 19.0 Å². The third kappa shape index (κ3) is 3.71. The number of primary amides is 1. The lowest BCUT2D eigenvalue weighted by Gasteiger charge is -2.43. The molecule has 0 unspecified atom stereocenters. The summed E-state index contributed by atoms with van der Waals surface area (Å²) in [7, 11) is 1.56. The monoisotopic (exact) mass is 370 g/mol. The molecule has 1 amide bonds. The van der Waals surface area contributed by atoms with Gasteiger partial charge in [0.25, 0.3) is 5.91 Å². The molecule has 27 heavy (non-hydrogen) atoms. The highest BCUT2D eigenvalue weighted by atomic mass is 16.5. The molecule has 6 nitrogen and oxygen atoms in total. The zero-order chi connectivity index (χ0) is 19.4. The van der Waals surface area contributed by atoms with Crippen LogP contribution in [0.15, 0.2) is 42.5 Å². The molecular formula is C21H26N2O4. The van der Waals surface area contributed by atoms with Gasteiger partial charge in [-0.25, -0.2) is 0 Å². The summed E-state index contributed by atoms with van der Waals surface area (Å²) < 4.78 is 17.4. The second-order valence-electron chi connectivity index (χ2n) is 6.55. The molecule has 0 saturated carbocycles. The van der Waals surface area contributed by atoms with Crippen molar-refractivity contribution in [2.75, 3.05) is 19.0 Å². The van der Waals surface area contributed by atoms with Crippen LogP contribution >= 0.6 is 0 Å². The molecule has 1 heterocycles. The van der Waals surface area contributed by atoms with Gasteiger partial charge in [-0.1, -0.05) is 38.1 Å². The number of nitrogens with one attached hydrogen (secondary N) is 1. The number of carbonyl (C=O) groups is 1. The van der Waals surface area contributed by atoms with Gasteiger partial charge in [-0.3, -0.25) is 4.79 Å². The van der Waals surface area contributed by atoms with Crippen LogP contribution in [0.4, 0.5) is 5.69 Å². The molecule has 3 rings (SSSR count). The minimum atomic E-state index is -0.536. The number of anilines is 1. The van der Waals surface area contributed by atoms with E-state index in [-0.39, 0.29) is 18.4 Å². The first-order valence-electron chi connectivity index (χ1n) is 9.16. The Bertz CT molecular complexity index is 818. The average Bonchev–Trinajstić information content (AvgIpc) is 2.71. The zero-order valence-electron chi connectivity index (χ0n) is 16.0. The molecule has 1 atom stereocenters. The van der Waals surface area contributed by atoms with E-state index in [2.05, 4.69) is 31.3 Å². The van der Waals surface area contributed by atoms with Gasteiger partial charge < -0.3 is 25.3 Å². The standard InChI is InChI=1S/C21H26N2O4/c1-4-21(5-2)15-8-6-7-9-16(15)23-20(27-21)14-10-11-17(18(12-14)25-3)26-13-19(22)24/h6-12,20,23H,4-5,13H2,1-3H3,(H2,22,24)/t20-/m0/s1. The minimum Gasteiger partial charge on any atom is -0.493 e. The second kappa shape index (κ2) is 7.88. The number of ether oxygens (including phenoxy) is 3. The predicted molar refractivity (Wildman–Crippen MR) is 104 cm³/mol. The Morgan fingerprint density at radius 3 is 2.59 bits per heavy atom. The van der Waals surface area contributed by atoms with Crippen LogP contribution in [0.25, 0.3) is 0 Å². The van der Waals surface area contributed by atoms with E-state index in [9.17, 15) is 4.79 Å². The second-order valence-corrected chi connectivity index (χ2v) is 6.55. The van der Waals surface area contributed by atoms with Crippen LogP contribution in [0.1, 0.15) is 44.0 Å². The lowest BCUT2D eigenvalue weighted by atomic mass is 9.85. The number of benzene rings is 2. The molecule has 144 valence electrons. The molecule has 1 aliphatic rings. The van der Waals surface area contributed by atoms with Crippen molar-refractivity contribution in [2.24, 2.45) is 5.73 Å². The summed E-state index contributed by atoms with van der Waals surface area (Å²) in [4.78, 5) is 11.0. The van der Waals surface area contributed by atoms with Crippen molar-refractivity contribution in [3.05, 3.63) is 53.6 Å². The summed E-state index contributed by atoms with van der Waals surface area (Å²) in [6, 6.07) is 13.8. The maximum absolute atomic E-state index is 11.0. The lowest BCUT2D eigenvalue weighted by molar-refractivity contribution is -0.120. The van der Waals surface area contributed by atoms with E-state index in [4.69, 9.17) is 19.9 Å². The highest BCUT2D eigenvalue weighted by Gasteiger charge is 2.39. The average molecular weight is 370 g/mol. The van der Waals surface area contributed by atoms with Crippen molar-refractivity contribution in [2.45, 2.75) is 38.5 Å². The van der Waals surface area contributed by atoms with Crippen molar-refractivity contribution in [1.29, 1.82) is 0 Å². The maximum Gasteiger partial charge on any atom is 0.255 e. The number of methoxy groups -OCH3 is 1. The van der Waals surface area contributed by atoms with Crippen molar-refractivity contribution in [1.82, 2.24) is 0 Å². The summed E-state index contributed by atoms with van der Waals surface area (Å²) in [5.74, 6) is 0.454. The highest BCUT2D eigenvalue weighted by Crippen LogP contribution is 2.46. The van der Waals surface area contributed by atoms with Gasteiger partial charge in [-0.05, 0) is 31.0 Å². The summed E-state index contributed by atoms with van der Waals surface area (Å²) in [6.07, 6.45) is 1.42. The maximum atomic E-state index is 11.0. The SMILES string of the molecule is CCC1(CC)O[C@@H](c2ccc(OCC(N)=O)c(OC)c2)Nc2ccccc21. The number of amides is 1. The number of hydrogen-bond donors (Lipinski definition) is 2. The van der Waals surface area contributed by atoms with E-state index < -0.39 is 5.91 Å². The molecule has 6 heteroatoms. The van der Waals surface area contributed by atoms with Crippen molar-refractivity contribution >= 4 is 11.6 Å². The third-order valence-corrected chi connectivity index (χ3v) is 5.05. The summed E-state index contributed by atoms with van der Waals surface area (Å²) >= 11 is 0. The zero-order valence-corrected chi connectivity index (χ0v) is 16.0. The molecule has 0 aliphatic carbocycles. The van der Waals surface area contributed by atoms with E-state index in [1.807, 2.05) is 24.3 Å². The van der Waals surface area contributed by atoms with Gasteiger partial charge in [0.1, 0.15) is 0 Å². The number of para-hydroxylation sites is 1. The Morgan fingerprint density at radius 1 is 1.19 bits per heavy atom.